The molecule has 1 unspecified atom stereocenters. The van der Waals surface area contributed by atoms with E-state index in [1.807, 2.05) is 11.3 Å². The summed E-state index contributed by atoms with van der Waals surface area (Å²) in [5.74, 6) is 0. The van der Waals surface area contributed by atoms with E-state index >= 15 is 0 Å². The Morgan fingerprint density at radius 3 is 2.30 bits per heavy atom. The fourth-order valence-electron chi connectivity index (χ4n) is 2.69. The van der Waals surface area contributed by atoms with Gasteiger partial charge in [-0.05, 0) is 30.7 Å². The topological polar surface area (TPSA) is 12.0 Å². The van der Waals surface area contributed by atoms with Gasteiger partial charge in [0.1, 0.15) is 0 Å². The van der Waals surface area contributed by atoms with E-state index in [0.29, 0.717) is 6.04 Å². The van der Waals surface area contributed by atoms with Crippen molar-refractivity contribution in [2.75, 3.05) is 6.54 Å². The van der Waals surface area contributed by atoms with Crippen molar-refractivity contribution < 1.29 is 0 Å². The molecule has 2 rings (SSSR count). The van der Waals surface area contributed by atoms with Crippen LogP contribution in [0.25, 0.3) is 0 Å². The van der Waals surface area contributed by atoms with Crippen LogP contribution in [0.4, 0.5) is 0 Å². The van der Waals surface area contributed by atoms with Crippen molar-refractivity contribution >= 4 is 11.3 Å². The van der Waals surface area contributed by atoms with Crippen LogP contribution >= 0.6 is 11.3 Å². The normalized spacial score (nSPS) is 13.4. The molecule has 0 fully saturated rings. The Morgan fingerprint density at radius 1 is 1.05 bits per heavy atom. The Bertz CT molecular complexity index is 527. The van der Waals surface area contributed by atoms with E-state index in [9.17, 15) is 0 Å². The first kappa shape index (κ1) is 15.3. The summed E-state index contributed by atoms with van der Waals surface area (Å²) >= 11 is 1.94. The largest absolute Gasteiger partial charge is 0.309 e. The summed E-state index contributed by atoms with van der Waals surface area (Å²) in [6, 6.07) is 15.7. The third kappa shape index (κ3) is 3.13. The van der Waals surface area contributed by atoms with Crippen LogP contribution in [0.15, 0.2) is 42.5 Å². The van der Waals surface area contributed by atoms with Gasteiger partial charge in [0.25, 0.3) is 0 Å². The lowest BCUT2D eigenvalue weighted by Crippen LogP contribution is -2.36. The number of hydrogen-bond donors (Lipinski definition) is 1. The molecule has 1 N–H and O–H groups in total. The van der Waals surface area contributed by atoms with Gasteiger partial charge < -0.3 is 5.32 Å². The third-order valence-corrected chi connectivity index (χ3v) is 5.26. The number of aryl methyl sites for hydroxylation is 1. The summed E-state index contributed by atoms with van der Waals surface area (Å²) in [7, 11) is 0. The monoisotopic (exact) mass is 287 g/mol. The quantitative estimate of drug-likeness (QED) is 0.793. The highest BCUT2D eigenvalue weighted by Gasteiger charge is 2.32. The van der Waals surface area contributed by atoms with Crippen molar-refractivity contribution in [2.24, 2.45) is 0 Å². The Labute approximate surface area is 127 Å². The van der Waals surface area contributed by atoms with Crippen molar-refractivity contribution in [1.29, 1.82) is 0 Å². The molecular weight excluding hydrogens is 262 g/mol. The third-order valence-electron chi connectivity index (χ3n) is 3.96. The van der Waals surface area contributed by atoms with Crippen molar-refractivity contribution in [3.63, 3.8) is 0 Å². The summed E-state index contributed by atoms with van der Waals surface area (Å²) in [6.07, 6.45) is 1.12. The van der Waals surface area contributed by atoms with Gasteiger partial charge in [0, 0.05) is 15.2 Å². The van der Waals surface area contributed by atoms with Crippen molar-refractivity contribution in [3.05, 3.63) is 57.8 Å². The van der Waals surface area contributed by atoms with E-state index in [4.69, 9.17) is 0 Å². The summed E-state index contributed by atoms with van der Waals surface area (Å²) in [5, 5.41) is 3.69. The minimum atomic E-state index is 0.0765. The minimum absolute atomic E-state index is 0.0765. The number of benzene rings is 1. The molecule has 20 heavy (non-hydrogen) atoms. The molecule has 1 aromatic heterocycles. The van der Waals surface area contributed by atoms with E-state index in [0.717, 1.165) is 13.0 Å². The lowest BCUT2D eigenvalue weighted by atomic mass is 9.77. The van der Waals surface area contributed by atoms with E-state index in [2.05, 4.69) is 75.5 Å². The predicted molar refractivity (Wildman–Crippen MR) is 89.6 cm³/mol. The average molecular weight is 287 g/mol. The van der Waals surface area contributed by atoms with E-state index in [1.54, 1.807) is 0 Å². The number of likely N-dealkylation sites (N-methyl/N-ethyl adjacent to an activating group) is 1. The maximum absolute atomic E-state index is 3.69. The van der Waals surface area contributed by atoms with Gasteiger partial charge in [0.05, 0.1) is 6.04 Å². The minimum Gasteiger partial charge on any atom is -0.309 e. The van der Waals surface area contributed by atoms with Crippen molar-refractivity contribution in [3.8, 4) is 0 Å². The van der Waals surface area contributed by atoms with Gasteiger partial charge in [-0.25, -0.2) is 0 Å². The van der Waals surface area contributed by atoms with E-state index < -0.39 is 0 Å². The second kappa shape index (κ2) is 6.55. The highest BCUT2D eigenvalue weighted by molar-refractivity contribution is 7.12. The number of hydrogen-bond acceptors (Lipinski definition) is 2. The van der Waals surface area contributed by atoms with Gasteiger partial charge in [0.2, 0.25) is 0 Å². The molecule has 1 heterocycles. The molecule has 1 aromatic carbocycles. The zero-order valence-corrected chi connectivity index (χ0v) is 13.8. The fraction of sp³-hybridized carbons (Fsp3) is 0.444. The van der Waals surface area contributed by atoms with Crippen LogP contribution in [0, 0.1) is 0 Å². The molecular formula is C18H25NS. The molecule has 2 heteroatoms. The Hall–Kier alpha value is -1.12. The van der Waals surface area contributed by atoms with E-state index in [1.165, 1.54) is 15.3 Å². The molecule has 1 atom stereocenters. The molecule has 0 spiro atoms. The van der Waals surface area contributed by atoms with Gasteiger partial charge in [0.15, 0.2) is 0 Å². The second-order valence-corrected chi connectivity index (χ2v) is 6.94. The summed E-state index contributed by atoms with van der Waals surface area (Å²) in [6.45, 7) is 10.1. The van der Waals surface area contributed by atoms with Crippen LogP contribution in [-0.2, 0) is 11.8 Å². The van der Waals surface area contributed by atoms with E-state index in [-0.39, 0.29) is 5.41 Å². The standard InChI is InChI=1S/C18H25NS/c1-5-15-12-13-16(20-15)17(19-6-2)18(3,4)14-10-8-7-9-11-14/h7-13,17,19H,5-6H2,1-4H3. The first-order chi connectivity index (χ1) is 9.59. The number of nitrogens with one attached hydrogen (secondary N) is 1. The molecule has 0 saturated carbocycles. The predicted octanol–water partition coefficient (Wildman–Crippen LogP) is 4.94. The van der Waals surface area contributed by atoms with Crippen molar-refractivity contribution in [1.82, 2.24) is 5.32 Å². The Morgan fingerprint density at radius 2 is 1.75 bits per heavy atom. The number of rotatable bonds is 6. The molecule has 0 saturated heterocycles. The van der Waals surface area contributed by atoms with Crippen LogP contribution in [0.1, 0.15) is 49.1 Å². The zero-order chi connectivity index (χ0) is 14.6. The van der Waals surface area contributed by atoms with Crippen LogP contribution in [-0.4, -0.2) is 6.54 Å². The fourth-order valence-corrected chi connectivity index (χ4v) is 3.90. The van der Waals surface area contributed by atoms with Crippen LogP contribution in [0.5, 0.6) is 0 Å². The summed E-state index contributed by atoms with van der Waals surface area (Å²) in [5.41, 5.74) is 1.46. The smallest absolute Gasteiger partial charge is 0.0507 e. The Kier molecular flexibility index (Phi) is 5.00. The van der Waals surface area contributed by atoms with Gasteiger partial charge >= 0.3 is 0 Å². The average Bonchev–Trinajstić information content (AvgIpc) is 2.94. The molecule has 0 aliphatic carbocycles. The molecule has 0 amide bonds. The van der Waals surface area contributed by atoms with Crippen LogP contribution in [0.2, 0.25) is 0 Å². The Balaban J connectivity index is 2.36. The molecule has 108 valence electrons. The van der Waals surface area contributed by atoms with Gasteiger partial charge in [-0.3, -0.25) is 0 Å². The van der Waals surface area contributed by atoms with Crippen LogP contribution < -0.4 is 5.32 Å². The first-order valence-electron chi connectivity index (χ1n) is 7.47. The van der Waals surface area contributed by atoms with Crippen LogP contribution in [0.3, 0.4) is 0 Å². The summed E-state index contributed by atoms with van der Waals surface area (Å²) in [4.78, 5) is 2.91. The summed E-state index contributed by atoms with van der Waals surface area (Å²) < 4.78 is 0. The molecule has 0 aliphatic rings. The maximum Gasteiger partial charge on any atom is 0.0507 e. The molecule has 0 radical (unpaired) electrons. The maximum atomic E-state index is 3.69. The number of thiophene rings is 1. The van der Waals surface area contributed by atoms with Crippen molar-refractivity contribution in [2.45, 2.75) is 45.6 Å². The lowest BCUT2D eigenvalue weighted by molar-refractivity contribution is 0.359. The zero-order valence-electron chi connectivity index (χ0n) is 12.9. The highest BCUT2D eigenvalue weighted by atomic mass is 32.1. The molecule has 0 bridgehead atoms. The second-order valence-electron chi connectivity index (χ2n) is 5.74. The molecule has 0 aliphatic heterocycles. The SMILES string of the molecule is CCNC(c1ccc(CC)s1)C(C)(C)c1ccccc1. The highest BCUT2D eigenvalue weighted by Crippen LogP contribution is 2.39. The first-order valence-corrected chi connectivity index (χ1v) is 8.28. The van der Waals surface area contributed by atoms with Gasteiger partial charge in [-0.2, -0.15) is 0 Å². The molecule has 2 aromatic rings. The lowest BCUT2D eigenvalue weighted by Gasteiger charge is -2.35. The van der Waals surface area contributed by atoms with Gasteiger partial charge in [-0.1, -0.05) is 58.0 Å². The molecule has 1 nitrogen and oxygen atoms in total. The van der Waals surface area contributed by atoms with Gasteiger partial charge in [-0.15, -0.1) is 11.3 Å².